The zero-order chi connectivity index (χ0) is 9.42. The predicted octanol–water partition coefficient (Wildman–Crippen LogP) is 1.97. The van der Waals surface area contributed by atoms with Crippen molar-refractivity contribution in [3.05, 3.63) is 34.3 Å². The third kappa shape index (κ3) is 1.26. The van der Waals surface area contributed by atoms with E-state index in [1.54, 1.807) is 6.07 Å². The molecule has 1 atom stereocenters. The summed E-state index contributed by atoms with van der Waals surface area (Å²) in [6.45, 7) is 0.489. The standard InChI is InChI=1S/C10H10ClNO/c11-8-3-1-2-7-9(13)4-6(5-12)10(7)8/h1-3,6H,4-5,12H2. The average molecular weight is 196 g/mol. The van der Waals surface area contributed by atoms with Gasteiger partial charge >= 0.3 is 0 Å². The minimum Gasteiger partial charge on any atom is -0.330 e. The van der Waals surface area contributed by atoms with Crippen LogP contribution in [0.2, 0.25) is 5.02 Å². The monoisotopic (exact) mass is 195 g/mol. The SMILES string of the molecule is NCC1CC(=O)c2cccc(Cl)c21. The number of benzene rings is 1. The molecule has 1 aromatic carbocycles. The van der Waals surface area contributed by atoms with Crippen LogP contribution in [0.15, 0.2) is 18.2 Å². The Labute approximate surface area is 81.7 Å². The Morgan fingerprint density at radius 2 is 2.31 bits per heavy atom. The number of carbonyl (C=O) groups excluding carboxylic acids is 1. The van der Waals surface area contributed by atoms with Gasteiger partial charge in [0.15, 0.2) is 5.78 Å². The molecular weight excluding hydrogens is 186 g/mol. The van der Waals surface area contributed by atoms with Crippen molar-refractivity contribution in [2.24, 2.45) is 5.73 Å². The van der Waals surface area contributed by atoms with Gasteiger partial charge in [-0.05, 0) is 18.2 Å². The highest BCUT2D eigenvalue weighted by molar-refractivity contribution is 6.32. The largest absolute Gasteiger partial charge is 0.330 e. The van der Waals surface area contributed by atoms with E-state index in [9.17, 15) is 4.79 Å². The van der Waals surface area contributed by atoms with Crippen molar-refractivity contribution in [1.82, 2.24) is 0 Å². The quantitative estimate of drug-likeness (QED) is 0.745. The number of fused-ring (bicyclic) bond motifs is 1. The third-order valence-electron chi connectivity index (χ3n) is 2.48. The molecule has 0 aromatic heterocycles. The molecule has 2 nitrogen and oxygen atoms in total. The molecular formula is C10H10ClNO. The molecule has 68 valence electrons. The lowest BCUT2D eigenvalue weighted by Crippen LogP contribution is -2.09. The summed E-state index contributed by atoms with van der Waals surface area (Å²) in [5.41, 5.74) is 7.26. The zero-order valence-corrected chi connectivity index (χ0v) is 7.84. The Balaban J connectivity index is 2.58. The van der Waals surface area contributed by atoms with E-state index in [0.717, 1.165) is 11.1 Å². The van der Waals surface area contributed by atoms with Crippen LogP contribution in [0.3, 0.4) is 0 Å². The van der Waals surface area contributed by atoms with Gasteiger partial charge in [-0.2, -0.15) is 0 Å². The number of halogens is 1. The van der Waals surface area contributed by atoms with Gasteiger partial charge in [-0.25, -0.2) is 0 Å². The number of nitrogens with two attached hydrogens (primary N) is 1. The van der Waals surface area contributed by atoms with Crippen LogP contribution in [0.1, 0.15) is 28.3 Å². The van der Waals surface area contributed by atoms with Gasteiger partial charge < -0.3 is 5.73 Å². The van der Waals surface area contributed by atoms with E-state index in [4.69, 9.17) is 17.3 Å². The molecule has 2 N–H and O–H groups in total. The van der Waals surface area contributed by atoms with Gasteiger partial charge in [0.2, 0.25) is 0 Å². The van der Waals surface area contributed by atoms with Gasteiger partial charge in [0.05, 0.1) is 0 Å². The molecule has 0 bridgehead atoms. The second kappa shape index (κ2) is 3.13. The van der Waals surface area contributed by atoms with Crippen molar-refractivity contribution in [1.29, 1.82) is 0 Å². The number of rotatable bonds is 1. The molecule has 0 fully saturated rings. The normalized spacial score (nSPS) is 20.5. The van der Waals surface area contributed by atoms with E-state index in [1.807, 2.05) is 12.1 Å². The fraction of sp³-hybridized carbons (Fsp3) is 0.300. The van der Waals surface area contributed by atoms with Crippen molar-refractivity contribution >= 4 is 17.4 Å². The lowest BCUT2D eigenvalue weighted by molar-refractivity contribution is 0.0989. The van der Waals surface area contributed by atoms with Gasteiger partial charge in [0.25, 0.3) is 0 Å². The Morgan fingerprint density at radius 1 is 1.54 bits per heavy atom. The summed E-state index contributed by atoms with van der Waals surface area (Å²) >= 11 is 6.00. The number of Topliss-reactive ketones (excluding diaryl/α,β-unsaturated/α-hetero) is 1. The van der Waals surface area contributed by atoms with E-state index in [2.05, 4.69) is 0 Å². The Bertz CT molecular complexity index is 362. The topological polar surface area (TPSA) is 43.1 Å². The summed E-state index contributed by atoms with van der Waals surface area (Å²) in [7, 11) is 0. The number of ketones is 1. The highest BCUT2D eigenvalue weighted by atomic mass is 35.5. The van der Waals surface area contributed by atoms with E-state index >= 15 is 0 Å². The van der Waals surface area contributed by atoms with E-state index in [0.29, 0.717) is 18.0 Å². The maximum atomic E-state index is 11.5. The first-order valence-electron chi connectivity index (χ1n) is 4.25. The summed E-state index contributed by atoms with van der Waals surface area (Å²) in [5.74, 6) is 0.282. The van der Waals surface area contributed by atoms with Crippen LogP contribution in [0.5, 0.6) is 0 Å². The number of hydrogen-bond donors (Lipinski definition) is 1. The molecule has 0 heterocycles. The number of hydrogen-bond acceptors (Lipinski definition) is 2. The van der Waals surface area contributed by atoms with Gasteiger partial charge in [0, 0.05) is 22.9 Å². The second-order valence-electron chi connectivity index (χ2n) is 3.26. The fourth-order valence-corrected chi connectivity index (χ4v) is 2.16. The van der Waals surface area contributed by atoms with Gasteiger partial charge in [-0.1, -0.05) is 23.7 Å². The molecule has 0 spiro atoms. The van der Waals surface area contributed by atoms with E-state index in [-0.39, 0.29) is 11.7 Å². The van der Waals surface area contributed by atoms with Crippen LogP contribution < -0.4 is 5.73 Å². The minimum atomic E-state index is 0.121. The van der Waals surface area contributed by atoms with Gasteiger partial charge in [-0.3, -0.25) is 4.79 Å². The molecule has 1 aliphatic rings. The molecule has 13 heavy (non-hydrogen) atoms. The maximum Gasteiger partial charge on any atom is 0.163 e. The van der Waals surface area contributed by atoms with Crippen molar-refractivity contribution in [3.63, 3.8) is 0 Å². The Morgan fingerprint density at radius 3 is 3.00 bits per heavy atom. The van der Waals surface area contributed by atoms with Crippen LogP contribution in [-0.4, -0.2) is 12.3 Å². The van der Waals surface area contributed by atoms with Crippen LogP contribution in [0.4, 0.5) is 0 Å². The lowest BCUT2D eigenvalue weighted by atomic mass is 10.0. The van der Waals surface area contributed by atoms with Crippen molar-refractivity contribution in [2.75, 3.05) is 6.54 Å². The summed E-state index contributed by atoms with van der Waals surface area (Å²) < 4.78 is 0. The van der Waals surface area contributed by atoms with Gasteiger partial charge in [-0.15, -0.1) is 0 Å². The summed E-state index contributed by atoms with van der Waals surface area (Å²) in [5, 5.41) is 0.666. The molecule has 1 unspecified atom stereocenters. The first-order chi connectivity index (χ1) is 6.24. The summed E-state index contributed by atoms with van der Waals surface area (Å²) in [6.07, 6.45) is 0.509. The van der Waals surface area contributed by atoms with Crippen LogP contribution in [0, 0.1) is 0 Å². The predicted molar refractivity (Wildman–Crippen MR) is 52.2 cm³/mol. The average Bonchev–Trinajstić information content (AvgIpc) is 2.45. The highest BCUT2D eigenvalue weighted by Gasteiger charge is 2.29. The van der Waals surface area contributed by atoms with Gasteiger partial charge in [0.1, 0.15) is 0 Å². The summed E-state index contributed by atoms with van der Waals surface area (Å²) in [6, 6.07) is 5.43. The highest BCUT2D eigenvalue weighted by Crippen LogP contribution is 2.36. The third-order valence-corrected chi connectivity index (χ3v) is 2.81. The van der Waals surface area contributed by atoms with Crippen LogP contribution in [-0.2, 0) is 0 Å². The second-order valence-corrected chi connectivity index (χ2v) is 3.67. The first kappa shape index (κ1) is 8.73. The fourth-order valence-electron chi connectivity index (χ4n) is 1.83. The number of carbonyl (C=O) groups is 1. The molecule has 3 heteroatoms. The molecule has 0 aliphatic heterocycles. The van der Waals surface area contributed by atoms with Crippen molar-refractivity contribution in [3.8, 4) is 0 Å². The lowest BCUT2D eigenvalue weighted by Gasteiger charge is -2.08. The molecule has 0 radical (unpaired) electrons. The molecule has 1 aromatic rings. The zero-order valence-electron chi connectivity index (χ0n) is 7.09. The minimum absolute atomic E-state index is 0.121. The van der Waals surface area contributed by atoms with E-state index in [1.165, 1.54) is 0 Å². The molecule has 0 amide bonds. The first-order valence-corrected chi connectivity index (χ1v) is 4.63. The van der Waals surface area contributed by atoms with Crippen molar-refractivity contribution < 1.29 is 4.79 Å². The van der Waals surface area contributed by atoms with E-state index < -0.39 is 0 Å². The molecule has 1 aliphatic carbocycles. The van der Waals surface area contributed by atoms with Crippen molar-refractivity contribution in [2.45, 2.75) is 12.3 Å². The van der Waals surface area contributed by atoms with Crippen LogP contribution >= 0.6 is 11.6 Å². The summed E-state index contributed by atoms with van der Waals surface area (Å²) in [4.78, 5) is 11.5. The molecule has 2 rings (SSSR count). The van der Waals surface area contributed by atoms with Crippen LogP contribution in [0.25, 0.3) is 0 Å². The molecule has 0 saturated carbocycles. The Hall–Kier alpha value is -0.860. The maximum absolute atomic E-state index is 11.5. The Kier molecular flexibility index (Phi) is 2.10. The molecule has 0 saturated heterocycles. The smallest absolute Gasteiger partial charge is 0.163 e.